The van der Waals surface area contributed by atoms with Crippen molar-refractivity contribution in [2.45, 2.75) is 103 Å². The number of fused-ring (bicyclic) bond motifs is 3. The van der Waals surface area contributed by atoms with Crippen molar-refractivity contribution in [1.82, 2.24) is 20.4 Å². The summed E-state index contributed by atoms with van der Waals surface area (Å²) in [6, 6.07) is 12.0. The lowest BCUT2D eigenvalue weighted by Crippen LogP contribution is -2.58. The van der Waals surface area contributed by atoms with Crippen LogP contribution in [0.2, 0.25) is 0 Å². The summed E-state index contributed by atoms with van der Waals surface area (Å²) in [5, 5.41) is 4.31. The molecule has 12 nitrogen and oxygen atoms in total. The number of hydrogen-bond donors (Lipinski definition) is 3. The van der Waals surface area contributed by atoms with Crippen LogP contribution in [0.15, 0.2) is 61.2 Å². The Morgan fingerprint density at radius 2 is 1.81 bits per heavy atom. The Labute approximate surface area is 305 Å². The fourth-order valence-electron chi connectivity index (χ4n) is 7.81. The number of amides is 4. The van der Waals surface area contributed by atoms with Crippen LogP contribution in [0.4, 0.5) is 9.59 Å². The smallest absolute Gasteiger partial charge is 0.410 e. The van der Waals surface area contributed by atoms with E-state index >= 15 is 0 Å². The predicted octanol–water partition coefficient (Wildman–Crippen LogP) is 5.23. The minimum absolute atomic E-state index is 0.0376. The maximum Gasteiger partial charge on any atom is 0.410 e. The zero-order valence-corrected chi connectivity index (χ0v) is 31.4. The highest BCUT2D eigenvalue weighted by Gasteiger charge is 2.66. The maximum absolute atomic E-state index is 14.5. The highest BCUT2D eigenvalue weighted by molar-refractivity contribution is 7.68. The second-order valence-corrected chi connectivity index (χ2v) is 18.4. The Morgan fingerprint density at radius 3 is 2.50 bits per heavy atom. The molecule has 3 aliphatic heterocycles. The van der Waals surface area contributed by atoms with Crippen molar-refractivity contribution in [2.75, 3.05) is 13.2 Å². The quantitative estimate of drug-likeness (QED) is 0.279. The molecule has 2 aromatic rings. The van der Waals surface area contributed by atoms with Gasteiger partial charge in [-0.05, 0) is 65.8 Å². The van der Waals surface area contributed by atoms with E-state index in [4.69, 9.17) is 9.47 Å². The summed E-state index contributed by atoms with van der Waals surface area (Å²) in [4.78, 5) is 70.1. The minimum Gasteiger partial charge on any atom is -0.449 e. The molecule has 6 rings (SSSR count). The number of aryl methyl sites for hydroxylation is 1. The summed E-state index contributed by atoms with van der Waals surface area (Å²) in [6.07, 6.45) is 3.18. The molecule has 1 saturated heterocycles. The zero-order valence-electron chi connectivity index (χ0n) is 30.5. The number of carbonyl (C=O) groups is 4. The lowest BCUT2D eigenvalue weighted by atomic mass is 9.85. The molecular weight excluding hydrogens is 683 g/mol. The van der Waals surface area contributed by atoms with Crippen LogP contribution in [0, 0.1) is 17.3 Å². The van der Waals surface area contributed by atoms with Gasteiger partial charge in [-0.3, -0.25) is 19.1 Å². The molecule has 3 N–H and O–H groups in total. The van der Waals surface area contributed by atoms with Gasteiger partial charge in [-0.1, -0.05) is 76.6 Å². The van der Waals surface area contributed by atoms with E-state index in [1.807, 2.05) is 19.1 Å². The summed E-state index contributed by atoms with van der Waals surface area (Å²) >= 11 is 0. The molecule has 7 atom stereocenters. The topological polar surface area (TPSA) is 155 Å². The van der Waals surface area contributed by atoms with E-state index in [-0.39, 0.29) is 37.2 Å². The van der Waals surface area contributed by atoms with Crippen LogP contribution in [-0.4, -0.2) is 75.3 Å². The van der Waals surface area contributed by atoms with E-state index in [2.05, 4.69) is 23.3 Å². The number of nitrogens with one attached hydrogen (secondary N) is 2. The van der Waals surface area contributed by atoms with Crippen molar-refractivity contribution in [1.29, 1.82) is 0 Å². The average molecular weight is 735 g/mol. The van der Waals surface area contributed by atoms with E-state index in [9.17, 15) is 28.6 Å². The largest absolute Gasteiger partial charge is 0.449 e. The monoisotopic (exact) mass is 734 g/mol. The van der Waals surface area contributed by atoms with Gasteiger partial charge >= 0.3 is 12.2 Å². The molecule has 4 amide bonds. The third-order valence-electron chi connectivity index (χ3n) is 11.0. The van der Waals surface area contributed by atoms with Gasteiger partial charge in [-0.25, -0.2) is 9.59 Å². The van der Waals surface area contributed by atoms with Gasteiger partial charge in [0.25, 0.3) is 7.37 Å². The van der Waals surface area contributed by atoms with E-state index in [1.54, 1.807) is 62.1 Å². The molecule has 4 bridgehead atoms. The fraction of sp³-hybridized carbons (Fsp3) is 0.538. The number of benzene rings is 2. The Kier molecular flexibility index (Phi) is 10.6. The van der Waals surface area contributed by atoms with Gasteiger partial charge in [0.1, 0.15) is 23.5 Å². The Balaban J connectivity index is 1.30. The number of hydrogen-bond acceptors (Lipinski definition) is 7. The first kappa shape index (κ1) is 37.6. The van der Waals surface area contributed by atoms with Crippen molar-refractivity contribution < 1.29 is 38.1 Å². The predicted molar refractivity (Wildman–Crippen MR) is 196 cm³/mol. The van der Waals surface area contributed by atoms with E-state index in [0.29, 0.717) is 13.1 Å². The molecule has 0 aromatic heterocycles. The maximum atomic E-state index is 14.5. The third-order valence-corrected chi connectivity index (χ3v) is 13.7. The van der Waals surface area contributed by atoms with Crippen LogP contribution < -0.4 is 15.9 Å². The van der Waals surface area contributed by atoms with Crippen molar-refractivity contribution in [3.8, 4) is 0 Å². The molecule has 2 fully saturated rings. The van der Waals surface area contributed by atoms with Crippen LogP contribution in [0.3, 0.4) is 0 Å². The lowest BCUT2D eigenvalue weighted by Gasteiger charge is -2.35. The van der Waals surface area contributed by atoms with Gasteiger partial charge in [0, 0.05) is 30.7 Å². The lowest BCUT2D eigenvalue weighted by molar-refractivity contribution is -0.142. The normalized spacial score (nSPS) is 29.6. The average Bonchev–Trinajstić information content (AvgIpc) is 3.42. The van der Waals surface area contributed by atoms with Crippen molar-refractivity contribution in [3.05, 3.63) is 77.9 Å². The summed E-state index contributed by atoms with van der Waals surface area (Å²) in [5.74, 6) is -1.58. The van der Waals surface area contributed by atoms with E-state index < -0.39 is 66.2 Å². The third kappa shape index (κ3) is 7.51. The number of carbonyl (C=O) groups excluding carboxylic acids is 4. The number of rotatable bonds is 5. The Bertz CT molecular complexity index is 1760. The standard InChI is InChI=1S/C39H51N4O8P/c1-6-28-20-39(28,52(48,49)30-17-8-7-9-18-30)41-34(44)32-19-29-22-43(32)35(45)33(38(3,4)5)40-36(46)50-24-25(2)13-10-11-14-26-15-12-16-27-21-42(23-31(26)27)37(47)51-29/h6-9,12,15-18,25,28-29,32-33H,1,10-11,13-14,19-24H2,2-5H3,(H,40,46)(H,41,44)(H,48,49)/t25-,28-,29+,32-,33+,39+/m0/s1. The highest BCUT2D eigenvalue weighted by atomic mass is 31.2. The van der Waals surface area contributed by atoms with Crippen molar-refractivity contribution in [2.24, 2.45) is 17.3 Å². The van der Waals surface area contributed by atoms with Crippen molar-refractivity contribution >= 4 is 36.7 Å². The van der Waals surface area contributed by atoms with Crippen LogP contribution in [-0.2, 0) is 43.1 Å². The number of alkyl carbamates (subject to hydrolysis) is 1. The minimum atomic E-state index is -4.19. The summed E-state index contributed by atoms with van der Waals surface area (Å²) < 4.78 is 25.7. The van der Waals surface area contributed by atoms with Gasteiger partial charge in [-0.2, -0.15) is 0 Å². The zero-order chi connectivity index (χ0) is 37.4. The van der Waals surface area contributed by atoms with E-state index in [0.717, 1.165) is 36.8 Å². The number of cyclic esters (lactones) is 1. The molecule has 4 aliphatic rings. The first-order valence-corrected chi connectivity index (χ1v) is 19.9. The van der Waals surface area contributed by atoms with Gasteiger partial charge < -0.3 is 29.9 Å². The van der Waals surface area contributed by atoms with Gasteiger partial charge in [0.05, 0.1) is 13.2 Å². The van der Waals surface area contributed by atoms with Gasteiger partial charge in [0.15, 0.2) is 0 Å². The Morgan fingerprint density at radius 1 is 1.08 bits per heavy atom. The van der Waals surface area contributed by atoms with Crippen molar-refractivity contribution in [3.63, 3.8) is 0 Å². The van der Waals surface area contributed by atoms with Gasteiger partial charge in [0.2, 0.25) is 11.8 Å². The first-order valence-electron chi connectivity index (χ1n) is 18.3. The van der Waals surface area contributed by atoms with Gasteiger partial charge in [-0.15, -0.1) is 6.58 Å². The molecule has 13 heteroatoms. The van der Waals surface area contributed by atoms with E-state index in [1.165, 1.54) is 10.5 Å². The Hall–Kier alpha value is -4.15. The highest BCUT2D eigenvalue weighted by Crippen LogP contribution is 2.68. The molecule has 1 unspecified atom stereocenters. The molecular formula is C39H51N4O8P. The summed E-state index contributed by atoms with van der Waals surface area (Å²) in [6.45, 7) is 12.1. The summed E-state index contributed by atoms with van der Waals surface area (Å²) in [7, 11) is -4.19. The molecule has 280 valence electrons. The second-order valence-electron chi connectivity index (χ2n) is 15.9. The van der Waals surface area contributed by atoms with Crippen LogP contribution >= 0.6 is 7.37 Å². The molecule has 3 heterocycles. The molecule has 2 aromatic carbocycles. The number of ether oxygens (including phenoxy) is 2. The SMILES string of the molecule is C=C[C@H]1C[C@@]1(NC(=O)[C@@H]1C[C@@H]2CN1C(=O)[C@H](C(C)(C)C)NC(=O)OC[C@@H](C)CCCCc1cccc3c1CN(C3)C(=O)O2)P(=O)(O)c1ccccc1. The number of nitrogens with zero attached hydrogens (tertiary/aromatic N) is 2. The fourth-order valence-corrected chi connectivity index (χ4v) is 10.1. The molecule has 52 heavy (non-hydrogen) atoms. The molecule has 1 saturated carbocycles. The van der Waals surface area contributed by atoms with Crippen LogP contribution in [0.25, 0.3) is 0 Å². The summed E-state index contributed by atoms with van der Waals surface area (Å²) in [5.41, 5.74) is 2.58. The molecule has 0 spiro atoms. The molecule has 0 radical (unpaired) electrons. The van der Waals surface area contributed by atoms with Crippen LogP contribution in [0.1, 0.15) is 76.5 Å². The van der Waals surface area contributed by atoms with Crippen LogP contribution in [0.5, 0.6) is 0 Å². The molecule has 1 aliphatic carbocycles. The second kappa shape index (κ2) is 14.7. The first-order chi connectivity index (χ1) is 24.6.